The first kappa shape index (κ1) is 21.3. The molecule has 0 bridgehead atoms. The summed E-state index contributed by atoms with van der Waals surface area (Å²) >= 11 is 0. The molecule has 3 N–H and O–H groups in total. The number of hydrogen-bond donors (Lipinski definition) is 2. The number of hydrogen-bond acceptors (Lipinski definition) is 5. The normalized spacial score (nSPS) is 11.5. The van der Waals surface area contributed by atoms with E-state index in [1.54, 1.807) is 18.2 Å². The molecule has 0 spiro atoms. The highest BCUT2D eigenvalue weighted by molar-refractivity contribution is 6.04. The Bertz CT molecular complexity index is 965. The fraction of sp³-hybridized carbons (Fsp3) is 0.450. The van der Waals surface area contributed by atoms with Gasteiger partial charge in [-0.15, -0.1) is 0 Å². The Labute approximate surface area is 163 Å². The van der Waals surface area contributed by atoms with E-state index >= 15 is 0 Å². The molecule has 0 saturated heterocycles. The molecule has 2 rings (SSSR count). The third-order valence-corrected chi connectivity index (χ3v) is 4.18. The van der Waals surface area contributed by atoms with Gasteiger partial charge in [-0.05, 0) is 37.5 Å². The van der Waals surface area contributed by atoms with Crippen molar-refractivity contribution < 1.29 is 9.21 Å². The molecule has 152 valence electrons. The molecular weight excluding hydrogens is 360 g/mol. The predicted molar refractivity (Wildman–Crippen MR) is 110 cm³/mol. The van der Waals surface area contributed by atoms with Gasteiger partial charge in [0, 0.05) is 19.2 Å². The van der Waals surface area contributed by atoms with Crippen LogP contribution in [0, 0.1) is 12.8 Å². The Morgan fingerprint density at radius 2 is 2.07 bits per heavy atom. The zero-order valence-corrected chi connectivity index (χ0v) is 16.8. The highest BCUT2D eigenvalue weighted by Gasteiger charge is 2.22. The molecule has 0 aromatic carbocycles. The molecular formula is C20H28N4O4. The topological polar surface area (TPSA) is 114 Å². The predicted octanol–water partition coefficient (Wildman–Crippen LogP) is 2.52. The van der Waals surface area contributed by atoms with Crippen molar-refractivity contribution in [3.05, 3.63) is 50.6 Å². The van der Waals surface area contributed by atoms with Crippen LogP contribution >= 0.6 is 0 Å². The monoisotopic (exact) mass is 388 g/mol. The van der Waals surface area contributed by atoms with E-state index in [-0.39, 0.29) is 17.4 Å². The summed E-state index contributed by atoms with van der Waals surface area (Å²) < 4.78 is 6.73. The number of furan rings is 1. The zero-order chi connectivity index (χ0) is 20.8. The first-order valence-electron chi connectivity index (χ1n) is 9.43. The van der Waals surface area contributed by atoms with Crippen LogP contribution in [0.3, 0.4) is 0 Å². The summed E-state index contributed by atoms with van der Waals surface area (Å²) in [5.41, 5.74) is 4.91. The van der Waals surface area contributed by atoms with E-state index in [0.717, 1.165) is 12.2 Å². The highest BCUT2D eigenvalue weighted by atomic mass is 16.3. The summed E-state index contributed by atoms with van der Waals surface area (Å²) in [4.78, 5) is 41.1. The van der Waals surface area contributed by atoms with Crippen LogP contribution in [0.2, 0.25) is 0 Å². The van der Waals surface area contributed by atoms with Crippen LogP contribution in [0.15, 0.2) is 32.2 Å². The third kappa shape index (κ3) is 5.03. The maximum absolute atomic E-state index is 12.9. The molecule has 0 aliphatic rings. The minimum Gasteiger partial charge on any atom is -0.462 e. The lowest BCUT2D eigenvalue weighted by molar-refractivity contribution is -0.114. The molecule has 0 aliphatic carbocycles. The minimum absolute atomic E-state index is 0.000949. The van der Waals surface area contributed by atoms with Gasteiger partial charge in [-0.3, -0.25) is 19.1 Å². The number of carbonyl (C=O) groups excluding carboxylic acids is 1. The van der Waals surface area contributed by atoms with Gasteiger partial charge < -0.3 is 15.1 Å². The van der Waals surface area contributed by atoms with Crippen LogP contribution in [-0.2, 0) is 11.3 Å². The molecule has 0 aliphatic heterocycles. The van der Waals surface area contributed by atoms with Gasteiger partial charge in [0.1, 0.15) is 17.3 Å². The van der Waals surface area contributed by atoms with E-state index in [9.17, 15) is 14.4 Å². The Morgan fingerprint density at radius 3 is 2.64 bits per heavy atom. The molecule has 2 aromatic rings. The maximum Gasteiger partial charge on any atom is 0.330 e. The first-order chi connectivity index (χ1) is 13.2. The van der Waals surface area contributed by atoms with Crippen molar-refractivity contribution in [3.63, 3.8) is 0 Å². The SMILES string of the molecule is CCCCN(C(=O)/C=C/c1ccc(C)o1)c1c(N)n(CC(C)C)c(=O)[nH]c1=O. The second-order valence-electron chi connectivity index (χ2n) is 7.12. The summed E-state index contributed by atoms with van der Waals surface area (Å²) in [6.07, 6.45) is 4.39. The molecule has 8 nitrogen and oxygen atoms in total. The van der Waals surface area contributed by atoms with Crippen molar-refractivity contribution >= 4 is 23.5 Å². The number of nitrogens with two attached hydrogens (primary N) is 1. The molecule has 0 saturated carbocycles. The highest BCUT2D eigenvalue weighted by Crippen LogP contribution is 2.19. The number of aromatic amines is 1. The van der Waals surface area contributed by atoms with Crippen LogP contribution in [0.4, 0.5) is 11.5 Å². The van der Waals surface area contributed by atoms with Crippen molar-refractivity contribution in [2.24, 2.45) is 5.92 Å². The van der Waals surface area contributed by atoms with E-state index < -0.39 is 17.2 Å². The number of aromatic nitrogens is 2. The van der Waals surface area contributed by atoms with E-state index in [0.29, 0.717) is 25.3 Å². The van der Waals surface area contributed by atoms with Crippen LogP contribution in [0.5, 0.6) is 0 Å². The number of anilines is 2. The standard InChI is InChI=1S/C20H28N4O4/c1-5-6-11-23(16(25)10-9-15-8-7-14(4)28-15)17-18(21)24(12-13(2)3)20(27)22-19(17)26/h7-10,13H,5-6,11-12,21H2,1-4H3,(H,22,26,27)/b10-9+. The lowest BCUT2D eigenvalue weighted by Crippen LogP contribution is -2.41. The number of rotatable bonds is 8. The summed E-state index contributed by atoms with van der Waals surface area (Å²) in [5.74, 6) is 0.994. The van der Waals surface area contributed by atoms with Crippen LogP contribution < -0.4 is 21.9 Å². The Morgan fingerprint density at radius 1 is 1.36 bits per heavy atom. The van der Waals surface area contributed by atoms with Crippen LogP contribution in [0.25, 0.3) is 6.08 Å². The second-order valence-corrected chi connectivity index (χ2v) is 7.12. The number of unbranched alkanes of at least 4 members (excludes halogenated alkanes) is 1. The molecule has 0 radical (unpaired) electrons. The zero-order valence-electron chi connectivity index (χ0n) is 16.8. The van der Waals surface area contributed by atoms with E-state index in [1.165, 1.54) is 15.5 Å². The van der Waals surface area contributed by atoms with E-state index in [1.807, 2.05) is 27.7 Å². The van der Waals surface area contributed by atoms with Crippen LogP contribution in [0.1, 0.15) is 45.1 Å². The van der Waals surface area contributed by atoms with Crippen LogP contribution in [-0.4, -0.2) is 22.0 Å². The Kier molecular flexibility index (Phi) is 7.03. The summed E-state index contributed by atoms with van der Waals surface area (Å²) in [7, 11) is 0. The average Bonchev–Trinajstić information content (AvgIpc) is 3.04. The minimum atomic E-state index is -0.672. The Hall–Kier alpha value is -3.03. The smallest absolute Gasteiger partial charge is 0.330 e. The maximum atomic E-state index is 12.9. The van der Waals surface area contributed by atoms with Gasteiger partial charge in [0.25, 0.3) is 11.5 Å². The van der Waals surface area contributed by atoms with Gasteiger partial charge >= 0.3 is 5.69 Å². The summed E-state index contributed by atoms with van der Waals surface area (Å²) in [6, 6.07) is 3.54. The molecule has 8 heteroatoms. The van der Waals surface area contributed by atoms with Gasteiger partial charge in [-0.2, -0.15) is 0 Å². The fourth-order valence-electron chi connectivity index (χ4n) is 2.82. The number of nitrogens with zero attached hydrogens (tertiary/aromatic N) is 2. The molecule has 1 amide bonds. The van der Waals surface area contributed by atoms with Gasteiger partial charge in [-0.25, -0.2) is 4.79 Å². The third-order valence-electron chi connectivity index (χ3n) is 4.18. The number of nitrogen functional groups attached to an aromatic ring is 1. The van der Waals surface area contributed by atoms with Crippen molar-refractivity contribution in [2.75, 3.05) is 17.2 Å². The molecule has 2 heterocycles. The average molecular weight is 388 g/mol. The number of H-pyrrole nitrogens is 1. The van der Waals surface area contributed by atoms with Crippen molar-refractivity contribution in [2.45, 2.75) is 47.1 Å². The number of nitrogens with one attached hydrogen (secondary N) is 1. The molecule has 0 unspecified atom stereocenters. The summed E-state index contributed by atoms with van der Waals surface area (Å²) in [6.45, 7) is 8.31. The van der Waals surface area contributed by atoms with Crippen molar-refractivity contribution in [1.29, 1.82) is 0 Å². The van der Waals surface area contributed by atoms with Gasteiger partial charge in [-0.1, -0.05) is 27.2 Å². The second kappa shape index (κ2) is 9.25. The van der Waals surface area contributed by atoms with Crippen molar-refractivity contribution in [3.8, 4) is 0 Å². The lowest BCUT2D eigenvalue weighted by Gasteiger charge is -2.23. The van der Waals surface area contributed by atoms with Gasteiger partial charge in [0.15, 0.2) is 5.69 Å². The van der Waals surface area contributed by atoms with E-state index in [4.69, 9.17) is 10.2 Å². The number of carbonyl (C=O) groups is 1. The van der Waals surface area contributed by atoms with Crippen molar-refractivity contribution in [1.82, 2.24) is 9.55 Å². The largest absolute Gasteiger partial charge is 0.462 e. The van der Waals surface area contributed by atoms with E-state index in [2.05, 4.69) is 4.98 Å². The van der Waals surface area contributed by atoms with Gasteiger partial charge in [0.2, 0.25) is 0 Å². The number of amides is 1. The first-order valence-corrected chi connectivity index (χ1v) is 9.43. The van der Waals surface area contributed by atoms with Gasteiger partial charge in [0.05, 0.1) is 0 Å². The molecule has 0 atom stereocenters. The quantitative estimate of drug-likeness (QED) is 0.675. The summed E-state index contributed by atoms with van der Waals surface area (Å²) in [5, 5.41) is 0. The Balaban J connectivity index is 2.47. The fourth-order valence-corrected chi connectivity index (χ4v) is 2.82. The number of aryl methyl sites for hydroxylation is 1. The molecule has 0 fully saturated rings. The molecule has 2 aromatic heterocycles. The molecule has 28 heavy (non-hydrogen) atoms. The lowest BCUT2D eigenvalue weighted by atomic mass is 10.2.